The zero-order valence-corrected chi connectivity index (χ0v) is 19.8. The number of ketones is 1. The van der Waals surface area contributed by atoms with Crippen molar-refractivity contribution in [2.45, 2.75) is 26.3 Å². The number of carbonyl (C=O) groups excluding carboxylic acids is 2. The minimum atomic E-state index is -0.700. The molecular formula is C24H30N2O5S. The number of carbonyl (C=O) groups is 2. The van der Waals surface area contributed by atoms with Crippen LogP contribution in [-0.2, 0) is 4.79 Å². The van der Waals surface area contributed by atoms with E-state index in [0.29, 0.717) is 48.1 Å². The highest BCUT2D eigenvalue weighted by atomic mass is 32.1. The van der Waals surface area contributed by atoms with Gasteiger partial charge < -0.3 is 24.4 Å². The van der Waals surface area contributed by atoms with E-state index in [1.807, 2.05) is 38.9 Å². The van der Waals surface area contributed by atoms with Crippen LogP contribution in [0.3, 0.4) is 0 Å². The maximum atomic E-state index is 13.3. The van der Waals surface area contributed by atoms with Crippen LogP contribution in [-0.4, -0.2) is 67.0 Å². The van der Waals surface area contributed by atoms with Crippen molar-refractivity contribution in [2.75, 3.05) is 40.4 Å². The fourth-order valence-corrected chi connectivity index (χ4v) is 4.48. The standard InChI is InChI=1S/C24H30N2O5S/c1-5-30-17-11-10-16(15-18(17)31-6-2)21-20(22(27)19-9-7-14-32-19)23(28)24(29)26(21)13-8-12-25(3)4/h7,9-11,14-15,21,28H,5-6,8,12-13H2,1-4H3/t21-/m0/s1. The highest BCUT2D eigenvalue weighted by Gasteiger charge is 2.44. The third kappa shape index (κ3) is 4.97. The Morgan fingerprint density at radius 1 is 1.16 bits per heavy atom. The van der Waals surface area contributed by atoms with Gasteiger partial charge in [-0.2, -0.15) is 0 Å². The van der Waals surface area contributed by atoms with E-state index in [1.54, 1.807) is 34.5 Å². The van der Waals surface area contributed by atoms with E-state index >= 15 is 0 Å². The van der Waals surface area contributed by atoms with Gasteiger partial charge in [0.1, 0.15) is 0 Å². The van der Waals surface area contributed by atoms with E-state index in [-0.39, 0.29) is 11.4 Å². The maximum absolute atomic E-state index is 13.3. The van der Waals surface area contributed by atoms with E-state index < -0.39 is 17.7 Å². The lowest BCUT2D eigenvalue weighted by Crippen LogP contribution is -2.33. The maximum Gasteiger partial charge on any atom is 0.290 e. The van der Waals surface area contributed by atoms with Crippen molar-refractivity contribution < 1.29 is 24.2 Å². The van der Waals surface area contributed by atoms with Crippen molar-refractivity contribution >= 4 is 23.0 Å². The molecule has 172 valence electrons. The van der Waals surface area contributed by atoms with Crippen LogP contribution in [0.4, 0.5) is 0 Å². The van der Waals surface area contributed by atoms with Crippen LogP contribution < -0.4 is 9.47 Å². The van der Waals surface area contributed by atoms with Crippen LogP contribution in [0.1, 0.15) is 41.5 Å². The summed E-state index contributed by atoms with van der Waals surface area (Å²) in [7, 11) is 3.93. The number of thiophene rings is 1. The number of nitrogens with zero attached hydrogens (tertiary/aromatic N) is 2. The van der Waals surface area contributed by atoms with Crippen molar-refractivity contribution in [1.29, 1.82) is 0 Å². The van der Waals surface area contributed by atoms with Gasteiger partial charge in [0.15, 0.2) is 17.3 Å². The third-order valence-electron chi connectivity index (χ3n) is 5.18. The van der Waals surface area contributed by atoms with Crippen LogP contribution in [0.15, 0.2) is 47.0 Å². The largest absolute Gasteiger partial charge is 0.503 e. The molecule has 1 atom stereocenters. The van der Waals surface area contributed by atoms with E-state index in [9.17, 15) is 14.7 Å². The van der Waals surface area contributed by atoms with Crippen molar-refractivity contribution in [3.05, 3.63) is 57.5 Å². The van der Waals surface area contributed by atoms with Crippen LogP contribution >= 0.6 is 11.3 Å². The second-order valence-corrected chi connectivity index (χ2v) is 8.65. The highest BCUT2D eigenvalue weighted by Crippen LogP contribution is 2.42. The van der Waals surface area contributed by atoms with Gasteiger partial charge in [0, 0.05) is 6.54 Å². The topological polar surface area (TPSA) is 79.3 Å². The molecule has 1 amide bonds. The molecule has 0 unspecified atom stereocenters. The van der Waals surface area contributed by atoms with Gasteiger partial charge in [-0.05, 0) is 70.1 Å². The SMILES string of the molecule is CCOc1ccc([C@H]2C(C(=O)c3cccs3)=C(O)C(=O)N2CCCN(C)C)cc1OCC. The molecule has 2 heterocycles. The van der Waals surface area contributed by atoms with Crippen LogP contribution in [0.2, 0.25) is 0 Å². The van der Waals surface area contributed by atoms with E-state index in [2.05, 4.69) is 0 Å². The first-order chi connectivity index (χ1) is 15.4. The van der Waals surface area contributed by atoms with Crippen molar-refractivity contribution in [3.8, 4) is 11.5 Å². The molecule has 1 aromatic heterocycles. The minimum Gasteiger partial charge on any atom is -0.503 e. The second-order valence-electron chi connectivity index (χ2n) is 7.70. The highest BCUT2D eigenvalue weighted by molar-refractivity contribution is 7.12. The summed E-state index contributed by atoms with van der Waals surface area (Å²) in [5.74, 6) is -0.203. The molecule has 0 saturated carbocycles. The quantitative estimate of drug-likeness (QED) is 0.511. The molecule has 32 heavy (non-hydrogen) atoms. The molecule has 1 aliphatic heterocycles. The molecule has 8 heteroatoms. The third-order valence-corrected chi connectivity index (χ3v) is 6.05. The number of benzene rings is 1. The summed E-state index contributed by atoms with van der Waals surface area (Å²) in [5.41, 5.74) is 0.799. The van der Waals surface area contributed by atoms with Gasteiger partial charge in [0.2, 0.25) is 5.78 Å². The number of amides is 1. The Labute approximate surface area is 192 Å². The van der Waals surface area contributed by atoms with Crippen molar-refractivity contribution in [2.24, 2.45) is 0 Å². The molecule has 3 rings (SSSR count). The summed E-state index contributed by atoms with van der Waals surface area (Å²) in [6, 6.07) is 8.19. The molecular weight excluding hydrogens is 428 g/mol. The van der Waals surface area contributed by atoms with Gasteiger partial charge in [0.05, 0.1) is 29.7 Å². The number of ether oxygens (including phenoxy) is 2. The normalized spacial score (nSPS) is 16.2. The Bertz CT molecular complexity index is 984. The molecule has 0 saturated heterocycles. The lowest BCUT2D eigenvalue weighted by Gasteiger charge is -2.28. The van der Waals surface area contributed by atoms with Crippen LogP contribution in [0.5, 0.6) is 11.5 Å². The van der Waals surface area contributed by atoms with Crippen molar-refractivity contribution in [3.63, 3.8) is 0 Å². The zero-order valence-electron chi connectivity index (χ0n) is 19.0. The molecule has 2 aromatic rings. The summed E-state index contributed by atoms with van der Waals surface area (Å²) >= 11 is 1.29. The average molecular weight is 459 g/mol. The lowest BCUT2D eigenvalue weighted by atomic mass is 9.95. The first-order valence-electron chi connectivity index (χ1n) is 10.8. The predicted molar refractivity (Wildman–Crippen MR) is 125 cm³/mol. The smallest absolute Gasteiger partial charge is 0.290 e. The Morgan fingerprint density at radius 3 is 2.50 bits per heavy atom. The van der Waals surface area contributed by atoms with Gasteiger partial charge in [-0.25, -0.2) is 0 Å². The Kier molecular flexibility index (Phi) is 7.93. The number of hydrogen-bond donors (Lipinski definition) is 1. The molecule has 0 radical (unpaired) electrons. The molecule has 1 aromatic carbocycles. The number of rotatable bonds is 11. The summed E-state index contributed by atoms with van der Waals surface area (Å²) in [4.78, 5) is 30.4. The number of aliphatic hydroxyl groups is 1. The molecule has 1 aliphatic rings. The van der Waals surface area contributed by atoms with Crippen molar-refractivity contribution in [1.82, 2.24) is 9.80 Å². The number of hydrogen-bond acceptors (Lipinski definition) is 7. The van der Waals surface area contributed by atoms with Gasteiger partial charge in [-0.3, -0.25) is 9.59 Å². The second kappa shape index (κ2) is 10.7. The van der Waals surface area contributed by atoms with E-state index in [4.69, 9.17) is 9.47 Å². The van der Waals surface area contributed by atoms with Gasteiger partial charge in [0.25, 0.3) is 5.91 Å². The van der Waals surface area contributed by atoms with E-state index in [0.717, 1.165) is 6.54 Å². The zero-order chi connectivity index (χ0) is 23.3. The first-order valence-corrected chi connectivity index (χ1v) is 11.6. The van der Waals surface area contributed by atoms with Gasteiger partial charge in [-0.15, -0.1) is 11.3 Å². The first kappa shape index (κ1) is 23.8. The van der Waals surface area contributed by atoms with Crippen LogP contribution in [0.25, 0.3) is 0 Å². The average Bonchev–Trinajstić information content (AvgIpc) is 3.38. The van der Waals surface area contributed by atoms with Crippen LogP contribution in [0, 0.1) is 0 Å². The molecule has 0 aliphatic carbocycles. The molecule has 7 nitrogen and oxygen atoms in total. The fourth-order valence-electron chi connectivity index (χ4n) is 3.80. The Hall–Kier alpha value is -2.84. The predicted octanol–water partition coefficient (Wildman–Crippen LogP) is 4.08. The Balaban J connectivity index is 2.05. The Morgan fingerprint density at radius 2 is 1.88 bits per heavy atom. The van der Waals surface area contributed by atoms with E-state index in [1.165, 1.54) is 11.3 Å². The van der Waals surface area contributed by atoms with Gasteiger partial charge in [-0.1, -0.05) is 12.1 Å². The molecule has 1 N–H and O–H groups in total. The summed E-state index contributed by atoms with van der Waals surface area (Å²) in [5, 5.41) is 12.6. The molecule has 0 fully saturated rings. The van der Waals surface area contributed by atoms with Gasteiger partial charge >= 0.3 is 0 Å². The number of aliphatic hydroxyl groups excluding tert-OH is 1. The molecule has 0 spiro atoms. The monoisotopic (exact) mass is 458 g/mol. The summed E-state index contributed by atoms with van der Waals surface area (Å²) in [6.07, 6.45) is 0.707. The lowest BCUT2D eigenvalue weighted by molar-refractivity contribution is -0.129. The summed E-state index contributed by atoms with van der Waals surface area (Å²) < 4.78 is 11.4. The summed E-state index contributed by atoms with van der Waals surface area (Å²) in [6.45, 7) is 5.89. The number of Topliss-reactive ketones (excluding diaryl/α,β-unsaturated/α-hetero) is 1. The fraction of sp³-hybridized carbons (Fsp3) is 0.417. The molecule has 0 bridgehead atoms. The minimum absolute atomic E-state index is 0.105.